The number of benzene rings is 1. The van der Waals surface area contributed by atoms with Crippen LogP contribution >= 0.6 is 22.6 Å². The van der Waals surface area contributed by atoms with Crippen LogP contribution in [-0.4, -0.2) is 65.4 Å². The minimum Gasteiger partial charge on any atom is -0.460 e. The number of hydrogen-bond acceptors (Lipinski definition) is 8. The van der Waals surface area contributed by atoms with Crippen molar-refractivity contribution in [2.45, 2.75) is 123 Å². The summed E-state index contributed by atoms with van der Waals surface area (Å²) in [6, 6.07) is 4.02. The number of anilines is 1. The average molecular weight is 733 g/mol. The van der Waals surface area contributed by atoms with Gasteiger partial charge in [0.1, 0.15) is 28.9 Å². The smallest absolute Gasteiger partial charge is 0.329 e. The Morgan fingerprint density at radius 1 is 0.682 bits per heavy atom. The number of carbonyl (C=O) groups is 5. The molecule has 0 heterocycles. The van der Waals surface area contributed by atoms with Crippen molar-refractivity contribution in [1.29, 1.82) is 0 Å². The van der Waals surface area contributed by atoms with Gasteiger partial charge in [-0.1, -0.05) is 0 Å². The molecule has 2 atom stereocenters. The van der Waals surface area contributed by atoms with Crippen LogP contribution in [0.1, 0.15) is 94.4 Å². The molecule has 0 aliphatic carbocycles. The van der Waals surface area contributed by atoms with Gasteiger partial charge in [-0.3, -0.25) is 4.79 Å². The third-order valence-electron chi connectivity index (χ3n) is 5.36. The highest BCUT2D eigenvalue weighted by molar-refractivity contribution is 14.1. The molecule has 13 heteroatoms. The fraction of sp³-hybridized carbons (Fsp3) is 0.645. The van der Waals surface area contributed by atoms with E-state index in [1.165, 1.54) is 0 Å². The van der Waals surface area contributed by atoms with Crippen molar-refractivity contribution in [3.05, 3.63) is 27.8 Å². The van der Waals surface area contributed by atoms with Crippen LogP contribution in [0.2, 0.25) is 0 Å². The first-order valence-corrected chi connectivity index (χ1v) is 15.8. The molecule has 0 radical (unpaired) electrons. The molecule has 0 aromatic heterocycles. The van der Waals surface area contributed by atoms with Crippen LogP contribution in [0.5, 0.6) is 0 Å². The Balaban J connectivity index is 2.81. The second-order valence-electron chi connectivity index (χ2n) is 13.3. The molecule has 1 rings (SSSR count). The lowest BCUT2D eigenvalue weighted by Crippen LogP contribution is -2.53. The summed E-state index contributed by atoms with van der Waals surface area (Å²) in [6.07, 6.45) is 1.02. The summed E-state index contributed by atoms with van der Waals surface area (Å²) in [5.41, 5.74) is -1.67. The number of carbonyl (C=O) groups excluding carboxylic acids is 5. The third kappa shape index (κ3) is 18.5. The maximum atomic E-state index is 13.0. The van der Waals surface area contributed by atoms with Gasteiger partial charge in [-0.25, -0.2) is 19.2 Å². The molecule has 1 aromatic carbocycles. The van der Waals surface area contributed by atoms with Crippen LogP contribution in [-0.2, 0) is 28.6 Å². The van der Waals surface area contributed by atoms with Crippen LogP contribution in [0.4, 0.5) is 15.3 Å². The predicted molar refractivity (Wildman–Crippen MR) is 176 cm³/mol. The minimum atomic E-state index is -1.17. The predicted octanol–water partition coefficient (Wildman–Crippen LogP) is 5.42. The normalized spacial score (nSPS) is 13.1. The van der Waals surface area contributed by atoms with Crippen molar-refractivity contribution in [1.82, 2.24) is 16.0 Å². The van der Waals surface area contributed by atoms with Crippen LogP contribution in [0.15, 0.2) is 24.3 Å². The van der Waals surface area contributed by atoms with E-state index >= 15 is 0 Å². The molecule has 0 aliphatic rings. The zero-order valence-corrected chi connectivity index (χ0v) is 29.5. The van der Waals surface area contributed by atoms with E-state index < -0.39 is 52.8 Å². The van der Waals surface area contributed by atoms with Gasteiger partial charge in [0.25, 0.3) is 0 Å². The van der Waals surface area contributed by atoms with Gasteiger partial charge >= 0.3 is 30.0 Å². The van der Waals surface area contributed by atoms with Crippen molar-refractivity contribution < 1.29 is 38.2 Å². The van der Waals surface area contributed by atoms with Crippen molar-refractivity contribution in [3.63, 3.8) is 0 Å². The van der Waals surface area contributed by atoms with E-state index in [-0.39, 0.29) is 25.3 Å². The number of amides is 4. The summed E-state index contributed by atoms with van der Waals surface area (Å²) in [5, 5.41) is 10.7. The summed E-state index contributed by atoms with van der Waals surface area (Å²) in [7, 11) is 0. The first-order chi connectivity index (χ1) is 20.1. The highest BCUT2D eigenvalue weighted by atomic mass is 127. The second kappa shape index (κ2) is 17.4. The fourth-order valence-corrected chi connectivity index (χ4v) is 4.00. The zero-order valence-electron chi connectivity index (χ0n) is 27.4. The van der Waals surface area contributed by atoms with Crippen LogP contribution in [0.25, 0.3) is 0 Å². The molecule has 248 valence electrons. The molecule has 0 saturated carbocycles. The van der Waals surface area contributed by atoms with Gasteiger partial charge in [0, 0.05) is 22.2 Å². The van der Waals surface area contributed by atoms with Crippen LogP contribution in [0, 0.1) is 3.57 Å². The summed E-state index contributed by atoms with van der Waals surface area (Å²) in [5.74, 6) is -1.89. The summed E-state index contributed by atoms with van der Waals surface area (Å²) >= 11 is 2.18. The molecule has 1 aromatic rings. The number of unbranched alkanes of at least 4 members (excludes halogenated alkanes) is 1. The van der Waals surface area contributed by atoms with E-state index in [1.54, 1.807) is 74.4 Å². The monoisotopic (exact) mass is 732 g/mol. The van der Waals surface area contributed by atoms with Gasteiger partial charge in [-0.15, -0.1) is 0 Å². The quantitative estimate of drug-likeness (QED) is 0.0905. The lowest BCUT2D eigenvalue weighted by Gasteiger charge is -2.27. The summed E-state index contributed by atoms with van der Waals surface area (Å²) in [4.78, 5) is 63.3. The Labute approximate surface area is 274 Å². The minimum absolute atomic E-state index is 0.0652. The van der Waals surface area contributed by atoms with Crippen molar-refractivity contribution in [2.24, 2.45) is 0 Å². The topological polar surface area (TPSA) is 161 Å². The maximum Gasteiger partial charge on any atom is 0.329 e. The number of urea groups is 2. The first kappa shape index (κ1) is 38.9. The molecule has 0 aliphatic heterocycles. The van der Waals surface area contributed by atoms with Crippen molar-refractivity contribution in [3.8, 4) is 0 Å². The SMILES string of the molecule is CC(C)(C)OC(=O)CC[C@H](NC(=O)NC(CCCCNC(=O)Nc1ccc(I)cc1)C(=O)OC(C)(C)C)C(=O)OC(C)(C)C. The second-order valence-corrected chi connectivity index (χ2v) is 14.5. The number of esters is 3. The van der Waals surface area contributed by atoms with Gasteiger partial charge in [-0.2, -0.15) is 0 Å². The highest BCUT2D eigenvalue weighted by Gasteiger charge is 2.31. The van der Waals surface area contributed by atoms with Gasteiger partial charge in [0.2, 0.25) is 0 Å². The molecular weight excluding hydrogens is 683 g/mol. The van der Waals surface area contributed by atoms with Crippen LogP contribution < -0.4 is 21.3 Å². The van der Waals surface area contributed by atoms with Crippen molar-refractivity contribution >= 4 is 58.2 Å². The third-order valence-corrected chi connectivity index (χ3v) is 6.08. The first-order valence-electron chi connectivity index (χ1n) is 14.7. The molecule has 0 fully saturated rings. The van der Waals surface area contributed by atoms with E-state index in [2.05, 4.69) is 43.9 Å². The van der Waals surface area contributed by atoms with Crippen LogP contribution in [0.3, 0.4) is 0 Å². The summed E-state index contributed by atoms with van der Waals surface area (Å²) < 4.78 is 17.3. The Bertz CT molecular complexity index is 1120. The lowest BCUT2D eigenvalue weighted by atomic mass is 10.1. The number of ether oxygens (including phenoxy) is 3. The Hall–Kier alpha value is -3.10. The summed E-state index contributed by atoms with van der Waals surface area (Å²) in [6.45, 7) is 15.8. The molecule has 4 N–H and O–H groups in total. The van der Waals surface area contributed by atoms with E-state index in [9.17, 15) is 24.0 Å². The van der Waals surface area contributed by atoms with Crippen molar-refractivity contribution in [2.75, 3.05) is 11.9 Å². The van der Waals surface area contributed by atoms with E-state index in [0.29, 0.717) is 25.1 Å². The van der Waals surface area contributed by atoms with Gasteiger partial charge in [0.05, 0.1) is 0 Å². The average Bonchev–Trinajstić information content (AvgIpc) is 2.83. The Morgan fingerprint density at radius 2 is 1.16 bits per heavy atom. The van der Waals surface area contributed by atoms with Gasteiger partial charge in [-0.05, 0) is 135 Å². The molecule has 44 heavy (non-hydrogen) atoms. The van der Waals surface area contributed by atoms with E-state index in [1.807, 2.05) is 12.1 Å². The fourth-order valence-electron chi connectivity index (χ4n) is 3.64. The molecule has 4 amide bonds. The molecule has 0 spiro atoms. The Kier molecular flexibility index (Phi) is 15.4. The highest BCUT2D eigenvalue weighted by Crippen LogP contribution is 2.15. The van der Waals surface area contributed by atoms with E-state index in [0.717, 1.165) is 3.57 Å². The molecule has 1 unspecified atom stereocenters. The molecule has 0 bridgehead atoms. The number of nitrogens with one attached hydrogen (secondary N) is 4. The molecule has 0 saturated heterocycles. The van der Waals surface area contributed by atoms with Gasteiger partial charge < -0.3 is 35.5 Å². The Morgan fingerprint density at radius 3 is 1.64 bits per heavy atom. The maximum absolute atomic E-state index is 13.0. The number of rotatable bonds is 13. The molecule has 12 nitrogen and oxygen atoms in total. The largest absolute Gasteiger partial charge is 0.460 e. The standard InChI is InChI=1S/C31H49IN4O8/c1-29(2,3)42-24(37)18-17-23(26(39)44-31(7,8)9)36-28(41)35-22(25(38)43-30(4,5)6)12-10-11-19-33-27(40)34-21-15-13-20(32)14-16-21/h13-16,22-23H,10-12,17-19H2,1-9H3,(H2,33,34,40)(H2,35,36,41)/t22?,23-/m0/s1. The van der Waals surface area contributed by atoms with E-state index in [4.69, 9.17) is 14.2 Å². The lowest BCUT2D eigenvalue weighted by molar-refractivity contribution is -0.159. The number of hydrogen-bond donors (Lipinski definition) is 4. The zero-order chi connectivity index (χ0) is 33.7. The molecular formula is C31H49IN4O8. The number of halogens is 1. The van der Waals surface area contributed by atoms with Gasteiger partial charge in [0.15, 0.2) is 0 Å².